The number of aromatic amines is 1. The third kappa shape index (κ3) is 5.94. The van der Waals surface area contributed by atoms with Crippen LogP contribution in [0, 0.1) is 0 Å². The second kappa shape index (κ2) is 9.98. The fourth-order valence-corrected chi connectivity index (χ4v) is 3.58. The first-order chi connectivity index (χ1) is 16.3. The normalized spacial score (nSPS) is 14.1. The van der Waals surface area contributed by atoms with Crippen LogP contribution in [-0.4, -0.2) is 39.2 Å². The van der Waals surface area contributed by atoms with Gasteiger partial charge in [0, 0.05) is 31.4 Å². The number of carbonyl (C=O) groups is 1. The first kappa shape index (κ1) is 23.3. The zero-order valence-corrected chi connectivity index (χ0v) is 18.5. The molecule has 1 fully saturated rings. The van der Waals surface area contributed by atoms with Crippen molar-refractivity contribution >= 4 is 17.9 Å². The van der Waals surface area contributed by atoms with Crippen LogP contribution in [0.2, 0.25) is 0 Å². The summed E-state index contributed by atoms with van der Waals surface area (Å²) in [5, 5.41) is 9.76. The Morgan fingerprint density at radius 1 is 1.21 bits per heavy atom. The van der Waals surface area contributed by atoms with E-state index in [-0.39, 0.29) is 11.9 Å². The summed E-state index contributed by atoms with van der Waals surface area (Å²) in [4.78, 5) is 18.0. The van der Waals surface area contributed by atoms with Crippen molar-refractivity contribution in [2.45, 2.75) is 32.4 Å². The van der Waals surface area contributed by atoms with Gasteiger partial charge in [0.1, 0.15) is 11.6 Å². The molecule has 0 unspecified atom stereocenters. The van der Waals surface area contributed by atoms with Gasteiger partial charge in [0.15, 0.2) is 0 Å². The molecule has 178 valence electrons. The summed E-state index contributed by atoms with van der Waals surface area (Å²) < 4.78 is 43.7. The van der Waals surface area contributed by atoms with E-state index in [0.717, 1.165) is 42.8 Å². The first-order valence-electron chi connectivity index (χ1n) is 10.9. The summed E-state index contributed by atoms with van der Waals surface area (Å²) in [6.07, 6.45) is 0.623. The number of rotatable bonds is 5. The maximum atomic E-state index is 12.7. The zero-order valence-electron chi connectivity index (χ0n) is 18.5. The summed E-state index contributed by atoms with van der Waals surface area (Å²) in [5.74, 6) is 1.15. The van der Waals surface area contributed by atoms with Crippen molar-refractivity contribution in [2.24, 2.45) is 0 Å². The largest absolute Gasteiger partial charge is 0.439 e. The molecule has 1 saturated heterocycles. The fraction of sp³-hybridized carbons (Fsp3) is 0.292. The number of nitrogens with zero attached hydrogens (tertiary/aromatic N) is 3. The van der Waals surface area contributed by atoms with Crippen molar-refractivity contribution in [1.82, 2.24) is 20.1 Å². The van der Waals surface area contributed by atoms with Crippen LogP contribution in [0.3, 0.4) is 0 Å². The van der Waals surface area contributed by atoms with Gasteiger partial charge in [-0.3, -0.25) is 10.4 Å². The minimum atomic E-state index is -4.44. The van der Waals surface area contributed by atoms with Crippen molar-refractivity contribution in [2.75, 3.05) is 18.4 Å². The summed E-state index contributed by atoms with van der Waals surface area (Å²) in [6, 6.07) is 11.0. The second-order valence-electron chi connectivity index (χ2n) is 7.90. The maximum absolute atomic E-state index is 12.7. The number of nitrogens with one attached hydrogen (secondary N) is 2. The number of carbonyl (C=O) groups excluding carboxylic acids is 1. The molecule has 0 radical (unpaired) electrons. The van der Waals surface area contributed by atoms with E-state index in [4.69, 9.17) is 4.74 Å². The van der Waals surface area contributed by atoms with Crippen molar-refractivity contribution in [3.63, 3.8) is 0 Å². The predicted molar refractivity (Wildman–Crippen MR) is 122 cm³/mol. The molecule has 0 spiro atoms. The number of anilines is 1. The molecule has 34 heavy (non-hydrogen) atoms. The predicted octanol–water partition coefficient (Wildman–Crippen LogP) is 5.89. The molecule has 10 heteroatoms. The van der Waals surface area contributed by atoms with Gasteiger partial charge in [0.25, 0.3) is 0 Å². The Bertz CT molecular complexity index is 1160. The Kier molecular flexibility index (Phi) is 6.85. The van der Waals surface area contributed by atoms with Crippen LogP contribution in [0.4, 0.5) is 23.8 Å². The zero-order chi connectivity index (χ0) is 24.1. The molecule has 3 aromatic rings. The molecule has 0 saturated carbocycles. The monoisotopic (exact) mass is 471 g/mol. The standard InChI is InChI=1S/C24H24F3N5O2/c1-2-19-14-21(31-30-19)29-23(33)32-10-8-16(9-11-32)12-17-4-3-5-20(13-17)34-22-7-6-18(15-28-22)24(25,26)27/h3-7,12-15H,2,8-11H2,1H3,(H2,29,30,31,33). The van der Waals surface area contributed by atoms with E-state index in [1.165, 1.54) is 11.6 Å². The quantitative estimate of drug-likeness (QED) is 0.486. The van der Waals surface area contributed by atoms with Gasteiger partial charge in [0.2, 0.25) is 5.88 Å². The Labute approximate surface area is 194 Å². The van der Waals surface area contributed by atoms with Crippen molar-refractivity contribution in [3.8, 4) is 11.6 Å². The van der Waals surface area contributed by atoms with Crippen LogP contribution >= 0.6 is 0 Å². The number of piperidine rings is 1. The lowest BCUT2D eigenvalue weighted by molar-refractivity contribution is -0.137. The highest BCUT2D eigenvalue weighted by Gasteiger charge is 2.30. The van der Waals surface area contributed by atoms with E-state index in [1.54, 1.807) is 17.0 Å². The summed E-state index contributed by atoms with van der Waals surface area (Å²) in [6.45, 7) is 3.18. The van der Waals surface area contributed by atoms with Crippen LogP contribution in [0.5, 0.6) is 11.6 Å². The number of ether oxygens (including phenoxy) is 1. The van der Waals surface area contributed by atoms with Gasteiger partial charge in [-0.25, -0.2) is 9.78 Å². The Morgan fingerprint density at radius 2 is 2.00 bits per heavy atom. The fourth-order valence-electron chi connectivity index (χ4n) is 3.58. The van der Waals surface area contributed by atoms with E-state index in [2.05, 4.69) is 20.5 Å². The third-order valence-corrected chi connectivity index (χ3v) is 5.44. The molecule has 1 aliphatic heterocycles. The lowest BCUT2D eigenvalue weighted by atomic mass is 10.0. The van der Waals surface area contributed by atoms with E-state index in [9.17, 15) is 18.0 Å². The third-order valence-electron chi connectivity index (χ3n) is 5.44. The average molecular weight is 471 g/mol. The molecule has 3 heterocycles. The minimum absolute atomic E-state index is 0.0837. The molecule has 2 amide bonds. The van der Waals surface area contributed by atoms with E-state index in [1.807, 2.05) is 31.2 Å². The molecule has 0 aliphatic carbocycles. The van der Waals surface area contributed by atoms with Crippen LogP contribution in [0.1, 0.15) is 36.6 Å². The molecule has 7 nitrogen and oxygen atoms in total. The first-order valence-corrected chi connectivity index (χ1v) is 10.9. The van der Waals surface area contributed by atoms with Crippen molar-refractivity contribution in [3.05, 3.63) is 71.1 Å². The molecule has 0 atom stereocenters. The number of benzene rings is 1. The van der Waals surface area contributed by atoms with Crippen LogP contribution in [-0.2, 0) is 12.6 Å². The Balaban J connectivity index is 1.33. The molecule has 2 N–H and O–H groups in total. The number of hydrogen-bond donors (Lipinski definition) is 2. The summed E-state index contributed by atoms with van der Waals surface area (Å²) in [7, 11) is 0. The number of alkyl halides is 3. The topological polar surface area (TPSA) is 83.1 Å². The SMILES string of the molecule is CCc1cc(NC(=O)N2CCC(=Cc3cccc(Oc4ccc(C(F)(F)F)cn4)c3)CC2)[nH]n1. The van der Waals surface area contributed by atoms with Gasteiger partial charge in [-0.1, -0.05) is 30.7 Å². The second-order valence-corrected chi connectivity index (χ2v) is 7.90. The number of urea groups is 1. The van der Waals surface area contributed by atoms with Crippen LogP contribution < -0.4 is 10.1 Å². The van der Waals surface area contributed by atoms with Crippen LogP contribution in [0.15, 0.2) is 54.2 Å². The number of likely N-dealkylation sites (tertiary alicyclic amines) is 1. The molecular weight excluding hydrogens is 447 g/mol. The van der Waals surface area contributed by atoms with E-state index < -0.39 is 11.7 Å². The highest BCUT2D eigenvalue weighted by Crippen LogP contribution is 2.30. The molecule has 4 rings (SSSR count). The molecular formula is C24H24F3N5O2. The average Bonchev–Trinajstić information content (AvgIpc) is 3.27. The maximum Gasteiger partial charge on any atom is 0.417 e. The minimum Gasteiger partial charge on any atom is -0.439 e. The summed E-state index contributed by atoms with van der Waals surface area (Å²) >= 11 is 0. The van der Waals surface area contributed by atoms with E-state index in [0.29, 0.717) is 24.7 Å². The van der Waals surface area contributed by atoms with E-state index >= 15 is 0 Å². The molecule has 0 bridgehead atoms. The smallest absolute Gasteiger partial charge is 0.417 e. The lowest BCUT2D eigenvalue weighted by Crippen LogP contribution is -2.39. The lowest BCUT2D eigenvalue weighted by Gasteiger charge is -2.28. The van der Waals surface area contributed by atoms with Gasteiger partial charge < -0.3 is 9.64 Å². The van der Waals surface area contributed by atoms with Gasteiger partial charge in [0.05, 0.1) is 11.3 Å². The van der Waals surface area contributed by atoms with Gasteiger partial charge >= 0.3 is 12.2 Å². The summed E-state index contributed by atoms with van der Waals surface area (Å²) in [5.41, 5.74) is 2.17. The number of aromatic nitrogens is 3. The van der Waals surface area contributed by atoms with Crippen LogP contribution in [0.25, 0.3) is 6.08 Å². The molecule has 1 aromatic carbocycles. The van der Waals surface area contributed by atoms with Gasteiger partial charge in [-0.15, -0.1) is 0 Å². The molecule has 2 aromatic heterocycles. The van der Waals surface area contributed by atoms with Crippen molar-refractivity contribution in [1.29, 1.82) is 0 Å². The highest BCUT2D eigenvalue weighted by atomic mass is 19.4. The Morgan fingerprint density at radius 3 is 2.65 bits per heavy atom. The number of pyridine rings is 1. The number of hydrogen-bond acceptors (Lipinski definition) is 4. The molecule has 1 aliphatic rings. The number of H-pyrrole nitrogens is 1. The number of aryl methyl sites for hydroxylation is 1. The van der Waals surface area contributed by atoms with Crippen molar-refractivity contribution < 1.29 is 22.7 Å². The number of amides is 2. The highest BCUT2D eigenvalue weighted by molar-refractivity contribution is 5.88. The van der Waals surface area contributed by atoms with Gasteiger partial charge in [-0.05, 0) is 43.0 Å². The Hall–Kier alpha value is -3.82. The number of halogens is 3. The van der Waals surface area contributed by atoms with Gasteiger partial charge in [-0.2, -0.15) is 18.3 Å².